The first-order valence-corrected chi connectivity index (χ1v) is 6.12. The van der Waals surface area contributed by atoms with E-state index < -0.39 is 0 Å². The van der Waals surface area contributed by atoms with Gasteiger partial charge in [-0.15, -0.1) is 0 Å². The van der Waals surface area contributed by atoms with Gasteiger partial charge in [0.1, 0.15) is 0 Å². The molecule has 0 saturated heterocycles. The van der Waals surface area contributed by atoms with E-state index in [1.165, 1.54) is 0 Å². The van der Waals surface area contributed by atoms with Gasteiger partial charge < -0.3 is 19.5 Å². The Bertz CT molecular complexity index is 420. The van der Waals surface area contributed by atoms with Gasteiger partial charge in [-0.25, -0.2) is 0 Å². The van der Waals surface area contributed by atoms with E-state index in [2.05, 4.69) is 5.32 Å². The summed E-state index contributed by atoms with van der Waals surface area (Å²) in [6.45, 7) is 4.26. The van der Waals surface area contributed by atoms with Gasteiger partial charge in [0.25, 0.3) is 5.91 Å². The van der Waals surface area contributed by atoms with Crippen LogP contribution in [0.1, 0.15) is 12.5 Å². The zero-order chi connectivity index (χ0) is 14.3. The van der Waals surface area contributed by atoms with Crippen LogP contribution >= 0.6 is 0 Å². The second-order valence-corrected chi connectivity index (χ2v) is 4.37. The monoisotopic (exact) mass is 267 g/mol. The lowest BCUT2D eigenvalue weighted by atomic mass is 10.2. The predicted molar refractivity (Wildman–Crippen MR) is 72.7 cm³/mol. The van der Waals surface area contributed by atoms with E-state index in [1.807, 2.05) is 26.0 Å². The summed E-state index contributed by atoms with van der Waals surface area (Å²) < 4.78 is 15.6. The first-order chi connectivity index (χ1) is 9.06. The van der Waals surface area contributed by atoms with Gasteiger partial charge in [0.05, 0.1) is 13.7 Å². The summed E-state index contributed by atoms with van der Waals surface area (Å²) in [5.74, 6) is 0.993. The van der Waals surface area contributed by atoms with Crippen LogP contribution in [0, 0.1) is 6.92 Å². The highest BCUT2D eigenvalue weighted by Gasteiger charge is 2.10. The molecule has 5 nitrogen and oxygen atoms in total. The van der Waals surface area contributed by atoms with Gasteiger partial charge in [0, 0.05) is 13.2 Å². The Kier molecular flexibility index (Phi) is 6.15. The molecule has 0 aliphatic rings. The number of hydrogen-bond donors (Lipinski definition) is 1. The molecule has 0 radical (unpaired) electrons. The van der Waals surface area contributed by atoms with Crippen molar-refractivity contribution in [1.29, 1.82) is 0 Å². The molecule has 19 heavy (non-hydrogen) atoms. The number of methoxy groups -OCH3 is 2. The lowest BCUT2D eigenvalue weighted by molar-refractivity contribution is -0.124. The van der Waals surface area contributed by atoms with E-state index in [1.54, 1.807) is 20.3 Å². The van der Waals surface area contributed by atoms with Crippen molar-refractivity contribution in [3.05, 3.63) is 23.8 Å². The minimum Gasteiger partial charge on any atom is -0.493 e. The Balaban J connectivity index is 2.50. The highest BCUT2D eigenvalue weighted by molar-refractivity contribution is 5.77. The van der Waals surface area contributed by atoms with Crippen LogP contribution in [0.2, 0.25) is 0 Å². The summed E-state index contributed by atoms with van der Waals surface area (Å²) in [6, 6.07) is 5.52. The van der Waals surface area contributed by atoms with Crippen molar-refractivity contribution in [1.82, 2.24) is 5.32 Å². The fourth-order valence-electron chi connectivity index (χ4n) is 1.65. The molecule has 1 aromatic carbocycles. The average Bonchev–Trinajstić information content (AvgIpc) is 2.37. The number of aryl methyl sites for hydroxylation is 1. The summed E-state index contributed by atoms with van der Waals surface area (Å²) in [4.78, 5) is 11.6. The van der Waals surface area contributed by atoms with Crippen molar-refractivity contribution < 1.29 is 19.0 Å². The van der Waals surface area contributed by atoms with Gasteiger partial charge in [-0.3, -0.25) is 4.79 Å². The molecule has 0 aliphatic carbocycles. The number of nitrogens with one attached hydrogen (secondary N) is 1. The van der Waals surface area contributed by atoms with E-state index in [4.69, 9.17) is 14.2 Å². The van der Waals surface area contributed by atoms with Crippen LogP contribution in [-0.2, 0) is 9.53 Å². The van der Waals surface area contributed by atoms with E-state index in [0.717, 1.165) is 5.56 Å². The van der Waals surface area contributed by atoms with E-state index in [9.17, 15) is 4.79 Å². The molecule has 1 aromatic rings. The van der Waals surface area contributed by atoms with Crippen LogP contribution in [0.3, 0.4) is 0 Å². The first-order valence-electron chi connectivity index (χ1n) is 6.12. The zero-order valence-electron chi connectivity index (χ0n) is 11.9. The number of carbonyl (C=O) groups excluding carboxylic acids is 1. The fourth-order valence-corrected chi connectivity index (χ4v) is 1.65. The highest BCUT2D eigenvalue weighted by Crippen LogP contribution is 2.27. The third kappa shape index (κ3) is 5.18. The summed E-state index contributed by atoms with van der Waals surface area (Å²) in [7, 11) is 3.17. The molecule has 0 spiro atoms. The quantitative estimate of drug-likeness (QED) is 0.814. The molecule has 1 amide bonds. The van der Waals surface area contributed by atoms with Crippen molar-refractivity contribution in [2.24, 2.45) is 0 Å². The molecule has 1 N–H and O–H groups in total. The first kappa shape index (κ1) is 15.3. The Morgan fingerprint density at radius 2 is 2.05 bits per heavy atom. The largest absolute Gasteiger partial charge is 0.493 e. The molecule has 0 saturated carbocycles. The maximum absolute atomic E-state index is 11.6. The summed E-state index contributed by atoms with van der Waals surface area (Å²) in [5, 5.41) is 2.77. The van der Waals surface area contributed by atoms with Gasteiger partial charge in [-0.2, -0.15) is 0 Å². The minimum absolute atomic E-state index is 0.0407. The summed E-state index contributed by atoms with van der Waals surface area (Å²) >= 11 is 0. The summed E-state index contributed by atoms with van der Waals surface area (Å²) in [6.07, 6.45) is 0. The molecular formula is C14H21NO4. The average molecular weight is 267 g/mol. The van der Waals surface area contributed by atoms with Crippen molar-refractivity contribution in [2.45, 2.75) is 19.9 Å². The third-order valence-electron chi connectivity index (χ3n) is 2.50. The van der Waals surface area contributed by atoms with Crippen LogP contribution < -0.4 is 14.8 Å². The van der Waals surface area contributed by atoms with E-state index in [0.29, 0.717) is 18.1 Å². The van der Waals surface area contributed by atoms with Gasteiger partial charge >= 0.3 is 0 Å². The number of amides is 1. The van der Waals surface area contributed by atoms with Crippen molar-refractivity contribution in [3.8, 4) is 11.5 Å². The molecule has 0 aliphatic heterocycles. The van der Waals surface area contributed by atoms with Crippen LogP contribution in [0.4, 0.5) is 0 Å². The molecule has 0 fully saturated rings. The van der Waals surface area contributed by atoms with Gasteiger partial charge in [0.2, 0.25) is 0 Å². The zero-order valence-corrected chi connectivity index (χ0v) is 11.9. The molecule has 5 heteroatoms. The van der Waals surface area contributed by atoms with Gasteiger partial charge in [0.15, 0.2) is 18.1 Å². The van der Waals surface area contributed by atoms with Crippen LogP contribution in [0.5, 0.6) is 11.5 Å². The second kappa shape index (κ2) is 7.63. The lowest BCUT2D eigenvalue weighted by Crippen LogP contribution is -2.38. The maximum Gasteiger partial charge on any atom is 0.258 e. The van der Waals surface area contributed by atoms with E-state index >= 15 is 0 Å². The molecule has 1 unspecified atom stereocenters. The highest BCUT2D eigenvalue weighted by atomic mass is 16.5. The van der Waals surface area contributed by atoms with Crippen LogP contribution in [0.25, 0.3) is 0 Å². The SMILES string of the molecule is COCC(C)NC(=O)COc1ccc(C)cc1OC. The predicted octanol–water partition coefficient (Wildman–Crippen LogP) is 1.53. The van der Waals surface area contributed by atoms with Gasteiger partial charge in [-0.05, 0) is 31.5 Å². The van der Waals surface area contributed by atoms with Crippen LogP contribution in [0.15, 0.2) is 18.2 Å². The molecule has 0 heterocycles. The van der Waals surface area contributed by atoms with Crippen LogP contribution in [-0.4, -0.2) is 39.4 Å². The number of ether oxygens (including phenoxy) is 3. The minimum atomic E-state index is -0.188. The van der Waals surface area contributed by atoms with Crippen molar-refractivity contribution >= 4 is 5.91 Å². The molecule has 1 atom stereocenters. The standard InChI is InChI=1S/C14H21NO4/c1-10-5-6-12(13(7-10)18-4)19-9-14(16)15-11(2)8-17-3/h5-7,11H,8-9H2,1-4H3,(H,15,16). The number of benzene rings is 1. The Hall–Kier alpha value is -1.75. The number of hydrogen-bond acceptors (Lipinski definition) is 4. The number of rotatable bonds is 7. The number of carbonyl (C=O) groups is 1. The molecular weight excluding hydrogens is 246 g/mol. The fraction of sp³-hybridized carbons (Fsp3) is 0.500. The third-order valence-corrected chi connectivity index (χ3v) is 2.50. The molecule has 0 bridgehead atoms. The normalized spacial score (nSPS) is 11.8. The molecule has 106 valence electrons. The molecule has 1 rings (SSSR count). The Morgan fingerprint density at radius 3 is 2.68 bits per heavy atom. The lowest BCUT2D eigenvalue weighted by Gasteiger charge is -2.14. The topological polar surface area (TPSA) is 56.8 Å². The second-order valence-electron chi connectivity index (χ2n) is 4.37. The summed E-state index contributed by atoms with van der Waals surface area (Å²) in [5.41, 5.74) is 1.07. The Labute approximate surface area is 113 Å². The Morgan fingerprint density at radius 1 is 1.32 bits per heavy atom. The van der Waals surface area contributed by atoms with Crippen molar-refractivity contribution in [3.63, 3.8) is 0 Å². The van der Waals surface area contributed by atoms with E-state index in [-0.39, 0.29) is 18.6 Å². The van der Waals surface area contributed by atoms with Gasteiger partial charge in [-0.1, -0.05) is 6.07 Å². The van der Waals surface area contributed by atoms with Crippen molar-refractivity contribution in [2.75, 3.05) is 27.4 Å². The molecule has 0 aromatic heterocycles. The maximum atomic E-state index is 11.6. The smallest absolute Gasteiger partial charge is 0.258 e.